The van der Waals surface area contributed by atoms with Gasteiger partial charge in [0.1, 0.15) is 11.2 Å². The molecule has 0 saturated carbocycles. The van der Waals surface area contributed by atoms with Gasteiger partial charge in [-0.05, 0) is 84.9 Å². The molecule has 0 aliphatic heterocycles. The van der Waals surface area contributed by atoms with Crippen LogP contribution in [0, 0.1) is 0 Å². The van der Waals surface area contributed by atoms with Crippen LogP contribution in [0.25, 0.3) is 76.5 Å². The number of furan rings is 1. The number of benzene rings is 7. The normalized spacial score (nSPS) is 11.8. The molecule has 7 aromatic carbocycles. The molecule has 1 heterocycles. The molecular formula is C36H21BrO. The molecule has 38 heavy (non-hydrogen) atoms. The number of fused-ring (bicyclic) bond motifs is 6. The summed E-state index contributed by atoms with van der Waals surface area (Å²) in [6.07, 6.45) is 0. The molecule has 0 N–H and O–H groups in total. The largest absolute Gasteiger partial charge is 0.456 e. The summed E-state index contributed by atoms with van der Waals surface area (Å²) >= 11 is 3.58. The van der Waals surface area contributed by atoms with Crippen LogP contribution in [0.5, 0.6) is 0 Å². The Balaban J connectivity index is 1.49. The van der Waals surface area contributed by atoms with Gasteiger partial charge in [-0.3, -0.25) is 0 Å². The Morgan fingerprint density at radius 1 is 0.421 bits per heavy atom. The topological polar surface area (TPSA) is 13.1 Å². The maximum Gasteiger partial charge on any atom is 0.136 e. The average molecular weight is 549 g/mol. The highest BCUT2D eigenvalue weighted by Crippen LogP contribution is 2.46. The van der Waals surface area contributed by atoms with Crippen LogP contribution in [-0.2, 0) is 0 Å². The van der Waals surface area contributed by atoms with Gasteiger partial charge in [0.25, 0.3) is 0 Å². The number of hydrogen-bond acceptors (Lipinski definition) is 1. The van der Waals surface area contributed by atoms with Crippen molar-refractivity contribution in [2.24, 2.45) is 0 Å². The molecular weight excluding hydrogens is 528 g/mol. The van der Waals surface area contributed by atoms with Gasteiger partial charge in [-0.15, -0.1) is 0 Å². The van der Waals surface area contributed by atoms with Gasteiger partial charge in [0.2, 0.25) is 0 Å². The van der Waals surface area contributed by atoms with Gasteiger partial charge in [0.15, 0.2) is 0 Å². The fourth-order valence-electron chi connectivity index (χ4n) is 6.08. The van der Waals surface area contributed by atoms with Gasteiger partial charge in [-0.25, -0.2) is 0 Å². The van der Waals surface area contributed by atoms with Crippen LogP contribution in [0.15, 0.2) is 136 Å². The van der Waals surface area contributed by atoms with Crippen molar-refractivity contribution in [2.45, 2.75) is 0 Å². The SMILES string of the molecule is Brc1ccc2c(c1)oc1cc(-c3c4ccccc4c(-c4cccc5ccccc45)c4ccccc34)ccc12. The van der Waals surface area contributed by atoms with E-state index in [1.165, 1.54) is 49.0 Å². The third-order valence-corrected chi connectivity index (χ3v) is 8.21. The van der Waals surface area contributed by atoms with Crippen LogP contribution >= 0.6 is 15.9 Å². The van der Waals surface area contributed by atoms with Gasteiger partial charge in [-0.1, -0.05) is 113 Å². The quantitative estimate of drug-likeness (QED) is 0.196. The van der Waals surface area contributed by atoms with E-state index in [1.807, 2.05) is 6.07 Å². The van der Waals surface area contributed by atoms with Gasteiger partial charge < -0.3 is 4.42 Å². The molecule has 0 aliphatic rings. The van der Waals surface area contributed by atoms with Crippen molar-refractivity contribution in [2.75, 3.05) is 0 Å². The summed E-state index contributed by atoms with van der Waals surface area (Å²) in [5, 5.41) is 9.79. The Morgan fingerprint density at radius 2 is 0.974 bits per heavy atom. The molecule has 0 amide bonds. The maximum atomic E-state index is 6.33. The Hall–Kier alpha value is -4.40. The predicted molar refractivity (Wildman–Crippen MR) is 165 cm³/mol. The third kappa shape index (κ3) is 3.17. The average Bonchev–Trinajstić information content (AvgIpc) is 3.32. The molecule has 0 bridgehead atoms. The highest BCUT2D eigenvalue weighted by molar-refractivity contribution is 9.10. The Bertz CT molecular complexity index is 2140. The van der Waals surface area contributed by atoms with Crippen LogP contribution in [0.2, 0.25) is 0 Å². The molecule has 178 valence electrons. The van der Waals surface area contributed by atoms with Crippen LogP contribution in [0.4, 0.5) is 0 Å². The zero-order valence-corrected chi connectivity index (χ0v) is 22.0. The summed E-state index contributed by atoms with van der Waals surface area (Å²) in [7, 11) is 0. The van der Waals surface area contributed by atoms with E-state index in [1.54, 1.807) is 0 Å². The zero-order chi connectivity index (χ0) is 25.2. The van der Waals surface area contributed by atoms with Crippen molar-refractivity contribution in [3.05, 3.63) is 132 Å². The minimum Gasteiger partial charge on any atom is -0.456 e. The number of halogens is 1. The lowest BCUT2D eigenvalue weighted by Crippen LogP contribution is -1.91. The van der Waals surface area contributed by atoms with E-state index in [2.05, 4.69) is 137 Å². The molecule has 0 aliphatic carbocycles. The molecule has 0 radical (unpaired) electrons. The first kappa shape index (κ1) is 21.7. The molecule has 0 unspecified atom stereocenters. The van der Waals surface area contributed by atoms with Gasteiger partial charge in [-0.2, -0.15) is 0 Å². The van der Waals surface area contributed by atoms with Crippen LogP contribution in [0.1, 0.15) is 0 Å². The number of rotatable bonds is 2. The second-order valence-electron chi connectivity index (χ2n) is 9.82. The monoisotopic (exact) mass is 548 g/mol. The summed E-state index contributed by atoms with van der Waals surface area (Å²) in [6, 6.07) is 45.8. The minimum atomic E-state index is 0.896. The highest BCUT2D eigenvalue weighted by Gasteiger charge is 2.18. The zero-order valence-electron chi connectivity index (χ0n) is 20.4. The standard InChI is InChI=1S/C36H21BrO/c37-24-17-19-27-26-18-16-23(20-33(26)38-34(27)21-24)35-29-11-3-5-13-31(29)36(32-14-6-4-12-30(32)35)28-15-7-9-22-8-1-2-10-25(22)28/h1-21H. The van der Waals surface area contributed by atoms with Gasteiger partial charge >= 0.3 is 0 Å². The van der Waals surface area contributed by atoms with E-state index in [4.69, 9.17) is 4.42 Å². The molecule has 8 rings (SSSR count). The summed E-state index contributed by atoms with van der Waals surface area (Å²) in [5.74, 6) is 0. The van der Waals surface area contributed by atoms with E-state index in [0.29, 0.717) is 0 Å². The van der Waals surface area contributed by atoms with Crippen molar-refractivity contribution >= 4 is 70.2 Å². The molecule has 0 atom stereocenters. The van der Waals surface area contributed by atoms with E-state index in [9.17, 15) is 0 Å². The molecule has 1 aromatic heterocycles. The van der Waals surface area contributed by atoms with E-state index < -0.39 is 0 Å². The van der Waals surface area contributed by atoms with Crippen molar-refractivity contribution in [1.82, 2.24) is 0 Å². The first-order valence-corrected chi connectivity index (χ1v) is 13.6. The molecule has 0 spiro atoms. The van der Waals surface area contributed by atoms with Crippen molar-refractivity contribution in [3.63, 3.8) is 0 Å². The minimum absolute atomic E-state index is 0.896. The summed E-state index contributed by atoms with van der Waals surface area (Å²) < 4.78 is 7.35. The number of hydrogen-bond donors (Lipinski definition) is 0. The fraction of sp³-hybridized carbons (Fsp3) is 0. The highest BCUT2D eigenvalue weighted by atomic mass is 79.9. The lowest BCUT2D eigenvalue weighted by Gasteiger charge is -2.18. The van der Waals surface area contributed by atoms with E-state index in [-0.39, 0.29) is 0 Å². The third-order valence-electron chi connectivity index (χ3n) is 7.71. The van der Waals surface area contributed by atoms with Crippen LogP contribution in [-0.4, -0.2) is 0 Å². The first-order chi connectivity index (χ1) is 18.8. The molecule has 0 fully saturated rings. The lowest BCUT2D eigenvalue weighted by atomic mass is 9.84. The summed E-state index contributed by atoms with van der Waals surface area (Å²) in [4.78, 5) is 0. The molecule has 2 heteroatoms. The Kier molecular flexibility index (Phi) is 4.74. The second-order valence-corrected chi connectivity index (χ2v) is 10.7. The lowest BCUT2D eigenvalue weighted by molar-refractivity contribution is 0.669. The fourth-order valence-corrected chi connectivity index (χ4v) is 6.42. The van der Waals surface area contributed by atoms with Crippen molar-refractivity contribution in [1.29, 1.82) is 0 Å². The van der Waals surface area contributed by atoms with E-state index in [0.717, 1.165) is 32.0 Å². The maximum absolute atomic E-state index is 6.33. The summed E-state index contributed by atoms with van der Waals surface area (Å²) in [6.45, 7) is 0. The second kappa shape index (κ2) is 8.31. The summed E-state index contributed by atoms with van der Waals surface area (Å²) in [5.41, 5.74) is 6.75. The van der Waals surface area contributed by atoms with Crippen LogP contribution < -0.4 is 0 Å². The van der Waals surface area contributed by atoms with Crippen molar-refractivity contribution < 1.29 is 4.42 Å². The van der Waals surface area contributed by atoms with Gasteiger partial charge in [0, 0.05) is 15.2 Å². The molecule has 1 nitrogen and oxygen atoms in total. The first-order valence-electron chi connectivity index (χ1n) is 12.8. The van der Waals surface area contributed by atoms with Crippen molar-refractivity contribution in [3.8, 4) is 22.3 Å². The Labute approximate surface area is 228 Å². The Morgan fingerprint density at radius 3 is 1.68 bits per heavy atom. The molecule has 0 saturated heterocycles. The van der Waals surface area contributed by atoms with E-state index >= 15 is 0 Å². The van der Waals surface area contributed by atoms with Crippen LogP contribution in [0.3, 0.4) is 0 Å². The smallest absolute Gasteiger partial charge is 0.136 e. The predicted octanol–water partition coefficient (Wildman–Crippen LogP) is 11.1. The molecule has 8 aromatic rings. The van der Waals surface area contributed by atoms with Gasteiger partial charge in [0.05, 0.1) is 0 Å².